The number of hydrogen-bond acceptors (Lipinski definition) is 1. The van der Waals surface area contributed by atoms with E-state index in [2.05, 4.69) is 63.9 Å². The molecule has 1 nitrogen and oxygen atoms in total. The molecule has 0 aliphatic rings. The monoisotopic (exact) mass is 252 g/mol. The number of aryl methyl sites for hydroxylation is 1. The third-order valence-corrected chi connectivity index (χ3v) is 8.83. The molecular formula is C13H24OSi2. The predicted octanol–water partition coefficient (Wildman–Crippen LogP) is 3.51. The predicted molar refractivity (Wildman–Crippen MR) is 77.4 cm³/mol. The largest absolute Gasteiger partial charge is 0.452 e. The highest BCUT2D eigenvalue weighted by atomic mass is 28.4. The van der Waals surface area contributed by atoms with Crippen molar-refractivity contribution >= 4 is 21.8 Å². The van der Waals surface area contributed by atoms with Gasteiger partial charge in [0.15, 0.2) is 8.32 Å². The summed E-state index contributed by atoms with van der Waals surface area (Å²) in [5.74, 6) is 0. The van der Waals surface area contributed by atoms with Crippen LogP contribution < -0.4 is 5.19 Å². The van der Waals surface area contributed by atoms with Crippen molar-refractivity contribution in [3.8, 4) is 0 Å². The third kappa shape index (κ3) is 3.88. The summed E-state index contributed by atoms with van der Waals surface area (Å²) in [6, 6.07) is 8.98. The van der Waals surface area contributed by atoms with Crippen LogP contribution >= 0.6 is 0 Å². The Kier molecular flexibility index (Phi) is 4.15. The quantitative estimate of drug-likeness (QED) is 0.745. The van der Waals surface area contributed by atoms with Gasteiger partial charge < -0.3 is 4.12 Å². The Hall–Kier alpha value is -0.386. The molecule has 0 aliphatic heterocycles. The standard InChI is InChI=1S/C13H24OSi2/c1-7-12-8-10-13(11-9-12)16(5,6)14-15(2,3)4/h8-11H,7H2,1-6H3. The van der Waals surface area contributed by atoms with Crippen molar-refractivity contribution in [1.82, 2.24) is 0 Å². The van der Waals surface area contributed by atoms with Crippen molar-refractivity contribution in [2.75, 3.05) is 0 Å². The first-order chi connectivity index (χ1) is 7.24. The van der Waals surface area contributed by atoms with Crippen molar-refractivity contribution in [2.24, 2.45) is 0 Å². The fourth-order valence-corrected chi connectivity index (χ4v) is 9.53. The molecule has 0 unspecified atom stereocenters. The van der Waals surface area contributed by atoms with Crippen molar-refractivity contribution in [1.29, 1.82) is 0 Å². The summed E-state index contributed by atoms with van der Waals surface area (Å²) < 4.78 is 6.36. The lowest BCUT2D eigenvalue weighted by Crippen LogP contribution is -2.51. The van der Waals surface area contributed by atoms with Gasteiger partial charge in [0.2, 0.25) is 8.32 Å². The van der Waals surface area contributed by atoms with Crippen molar-refractivity contribution < 1.29 is 4.12 Å². The molecule has 0 fully saturated rings. The lowest BCUT2D eigenvalue weighted by Gasteiger charge is -2.31. The first-order valence-electron chi connectivity index (χ1n) is 6.04. The molecule has 16 heavy (non-hydrogen) atoms. The van der Waals surface area contributed by atoms with E-state index in [1.54, 1.807) is 0 Å². The minimum atomic E-state index is -1.69. The maximum atomic E-state index is 6.36. The summed E-state index contributed by atoms with van der Waals surface area (Å²) in [4.78, 5) is 0. The van der Waals surface area contributed by atoms with Gasteiger partial charge in [-0.2, -0.15) is 0 Å². The number of hydrogen-bond donors (Lipinski definition) is 0. The van der Waals surface area contributed by atoms with Crippen LogP contribution in [0.5, 0.6) is 0 Å². The smallest absolute Gasteiger partial charge is 0.205 e. The van der Waals surface area contributed by atoms with E-state index in [-0.39, 0.29) is 0 Å². The van der Waals surface area contributed by atoms with E-state index in [4.69, 9.17) is 4.12 Å². The van der Waals surface area contributed by atoms with Gasteiger partial charge in [-0.15, -0.1) is 0 Å². The molecule has 0 spiro atoms. The fourth-order valence-electron chi connectivity index (χ4n) is 1.97. The highest BCUT2D eigenvalue weighted by molar-refractivity contribution is 6.92. The first-order valence-corrected chi connectivity index (χ1v) is 12.4. The molecule has 1 aromatic rings. The van der Waals surface area contributed by atoms with Crippen LogP contribution in [0.4, 0.5) is 0 Å². The molecule has 3 heteroatoms. The van der Waals surface area contributed by atoms with Gasteiger partial charge in [0.25, 0.3) is 0 Å². The molecule has 90 valence electrons. The second kappa shape index (κ2) is 4.86. The van der Waals surface area contributed by atoms with Gasteiger partial charge >= 0.3 is 0 Å². The number of rotatable bonds is 4. The van der Waals surface area contributed by atoms with Crippen LogP contribution in [0.1, 0.15) is 12.5 Å². The molecule has 0 saturated carbocycles. The topological polar surface area (TPSA) is 9.23 Å². The summed E-state index contributed by atoms with van der Waals surface area (Å²) in [6.45, 7) is 13.6. The Morgan fingerprint density at radius 2 is 1.44 bits per heavy atom. The van der Waals surface area contributed by atoms with Gasteiger partial charge in [0.05, 0.1) is 0 Å². The average molecular weight is 253 g/mol. The van der Waals surface area contributed by atoms with Crippen molar-refractivity contribution in [3.63, 3.8) is 0 Å². The lowest BCUT2D eigenvalue weighted by atomic mass is 10.2. The van der Waals surface area contributed by atoms with Crippen LogP contribution in [0.25, 0.3) is 0 Å². The molecule has 0 heterocycles. The zero-order valence-electron chi connectivity index (χ0n) is 11.4. The second-order valence-electron chi connectivity index (χ2n) is 5.78. The molecule has 0 amide bonds. The highest BCUT2D eigenvalue weighted by Gasteiger charge is 2.31. The summed E-state index contributed by atoms with van der Waals surface area (Å²) in [5, 5.41) is 1.41. The minimum Gasteiger partial charge on any atom is -0.452 e. The Bertz CT molecular complexity index is 336. The Labute approximate surface area is 102 Å². The van der Waals surface area contributed by atoms with Crippen molar-refractivity contribution in [3.05, 3.63) is 29.8 Å². The Morgan fingerprint density at radius 3 is 1.81 bits per heavy atom. The van der Waals surface area contributed by atoms with E-state index in [0.717, 1.165) is 6.42 Å². The lowest BCUT2D eigenvalue weighted by molar-refractivity contribution is 0.566. The molecule has 0 bridgehead atoms. The molecule has 0 saturated heterocycles. The van der Waals surface area contributed by atoms with Gasteiger partial charge in [0, 0.05) is 0 Å². The normalized spacial score (nSPS) is 12.9. The molecule has 1 aromatic carbocycles. The molecule has 0 atom stereocenters. The van der Waals surface area contributed by atoms with Gasteiger partial charge in [-0.25, -0.2) is 0 Å². The molecule has 1 rings (SSSR count). The molecule has 0 aliphatic carbocycles. The van der Waals surface area contributed by atoms with Crippen LogP contribution in [-0.2, 0) is 10.5 Å². The van der Waals surface area contributed by atoms with Crippen LogP contribution in [0.15, 0.2) is 24.3 Å². The fraction of sp³-hybridized carbons (Fsp3) is 0.538. The average Bonchev–Trinajstić information content (AvgIpc) is 2.14. The SMILES string of the molecule is CCc1ccc([Si](C)(C)O[Si](C)(C)C)cc1. The van der Waals surface area contributed by atoms with E-state index in [9.17, 15) is 0 Å². The van der Waals surface area contributed by atoms with Gasteiger partial charge in [-0.1, -0.05) is 31.2 Å². The maximum Gasteiger partial charge on any atom is 0.205 e. The Balaban J connectivity index is 2.89. The van der Waals surface area contributed by atoms with Gasteiger partial charge in [-0.05, 0) is 49.9 Å². The third-order valence-electron chi connectivity index (χ3n) is 2.62. The summed E-state index contributed by atoms with van der Waals surface area (Å²) in [5.41, 5.74) is 1.40. The van der Waals surface area contributed by atoms with E-state index in [1.165, 1.54) is 10.8 Å². The highest BCUT2D eigenvalue weighted by Crippen LogP contribution is 2.14. The van der Waals surface area contributed by atoms with E-state index >= 15 is 0 Å². The zero-order valence-corrected chi connectivity index (χ0v) is 13.4. The zero-order chi connectivity index (χ0) is 12.4. The molecular weight excluding hydrogens is 228 g/mol. The minimum absolute atomic E-state index is 1.11. The van der Waals surface area contributed by atoms with Crippen LogP contribution in [0, 0.1) is 0 Å². The first kappa shape index (κ1) is 13.7. The summed E-state index contributed by atoms with van der Waals surface area (Å²) >= 11 is 0. The molecule has 0 aromatic heterocycles. The van der Waals surface area contributed by atoms with Gasteiger partial charge in [-0.3, -0.25) is 0 Å². The van der Waals surface area contributed by atoms with E-state index in [1.807, 2.05) is 0 Å². The van der Waals surface area contributed by atoms with Crippen LogP contribution in [0.3, 0.4) is 0 Å². The van der Waals surface area contributed by atoms with Crippen molar-refractivity contribution in [2.45, 2.75) is 46.1 Å². The molecule has 0 radical (unpaired) electrons. The maximum absolute atomic E-state index is 6.36. The number of benzene rings is 1. The van der Waals surface area contributed by atoms with Crippen LogP contribution in [0.2, 0.25) is 32.7 Å². The second-order valence-corrected chi connectivity index (χ2v) is 14.4. The van der Waals surface area contributed by atoms with Crippen LogP contribution in [-0.4, -0.2) is 16.6 Å². The Morgan fingerprint density at radius 1 is 0.938 bits per heavy atom. The summed E-state index contributed by atoms with van der Waals surface area (Å²) in [6.07, 6.45) is 1.11. The van der Waals surface area contributed by atoms with E-state index in [0.29, 0.717) is 0 Å². The molecule has 0 N–H and O–H groups in total. The van der Waals surface area contributed by atoms with E-state index < -0.39 is 16.6 Å². The summed E-state index contributed by atoms with van der Waals surface area (Å²) in [7, 11) is -3.12. The van der Waals surface area contributed by atoms with Gasteiger partial charge in [0.1, 0.15) is 0 Å².